The van der Waals surface area contributed by atoms with Gasteiger partial charge < -0.3 is 5.73 Å². The molecule has 0 spiro atoms. The minimum Gasteiger partial charge on any atom is -0.357 e. The zero-order valence-corrected chi connectivity index (χ0v) is 12.6. The first-order valence-corrected chi connectivity index (χ1v) is 7.73. The van der Waals surface area contributed by atoms with Crippen LogP contribution >= 0.6 is 11.8 Å². The summed E-state index contributed by atoms with van der Waals surface area (Å²) < 4.78 is 1.56. The van der Waals surface area contributed by atoms with E-state index < -0.39 is 0 Å². The van der Waals surface area contributed by atoms with E-state index in [1.54, 1.807) is 10.8 Å². The molecule has 0 aliphatic rings. The van der Waals surface area contributed by atoms with Gasteiger partial charge in [-0.3, -0.25) is 19.5 Å². The molecule has 1 aromatic heterocycles. The molecule has 21 heavy (non-hydrogen) atoms. The molecule has 2 aromatic rings. The molecule has 0 amide bonds. The van der Waals surface area contributed by atoms with Crippen molar-refractivity contribution in [1.29, 1.82) is 0 Å². The van der Waals surface area contributed by atoms with Gasteiger partial charge in [-0.15, -0.1) is 11.8 Å². The number of aromatic nitrogens is 1. The van der Waals surface area contributed by atoms with E-state index in [0.717, 1.165) is 22.2 Å². The maximum Gasteiger partial charge on any atom is 0.227 e. The molecule has 6 nitrogen and oxygen atoms in total. The number of para-hydroxylation sites is 1. The van der Waals surface area contributed by atoms with E-state index in [1.165, 1.54) is 18.7 Å². The molecule has 2 rings (SSSR count). The van der Waals surface area contributed by atoms with Crippen molar-refractivity contribution in [3.8, 4) is 0 Å². The maximum absolute atomic E-state index is 11.7. The number of nitro groups is 1. The lowest BCUT2D eigenvalue weighted by atomic mass is 10.1. The maximum atomic E-state index is 11.7. The van der Waals surface area contributed by atoms with Crippen LogP contribution in [0.25, 0.3) is 10.9 Å². The highest BCUT2D eigenvalue weighted by molar-refractivity contribution is 7.99. The molecule has 0 aliphatic carbocycles. The smallest absolute Gasteiger partial charge is 0.227 e. The van der Waals surface area contributed by atoms with Gasteiger partial charge in [-0.05, 0) is 11.6 Å². The average Bonchev–Trinajstić information content (AvgIpc) is 2.83. The van der Waals surface area contributed by atoms with Crippen LogP contribution in [0.15, 0.2) is 30.5 Å². The standard InChI is InChI=1S/C14H17N3O3S/c1-10(18)16-8-12(11-4-2-3-5-13(11)16)14(9-17(19)20)21-7-6-15/h2-5,8,14H,6-7,9,15H2,1H3/p+1. The Hall–Kier alpha value is -1.86. The first-order valence-electron chi connectivity index (χ1n) is 6.68. The molecule has 0 bridgehead atoms. The van der Waals surface area contributed by atoms with Crippen LogP contribution in [-0.2, 0) is 0 Å². The van der Waals surface area contributed by atoms with Crippen molar-refractivity contribution in [1.82, 2.24) is 4.57 Å². The summed E-state index contributed by atoms with van der Waals surface area (Å²) in [5, 5.41) is 11.6. The van der Waals surface area contributed by atoms with E-state index in [1.807, 2.05) is 24.3 Å². The zero-order chi connectivity index (χ0) is 15.4. The zero-order valence-electron chi connectivity index (χ0n) is 11.8. The molecule has 0 aliphatic heterocycles. The second-order valence-electron chi connectivity index (χ2n) is 4.72. The van der Waals surface area contributed by atoms with Crippen molar-refractivity contribution < 1.29 is 15.5 Å². The molecule has 1 heterocycles. The Labute approximate surface area is 126 Å². The number of nitrogens with zero attached hydrogens (tertiary/aromatic N) is 2. The fourth-order valence-electron chi connectivity index (χ4n) is 2.32. The van der Waals surface area contributed by atoms with E-state index in [-0.39, 0.29) is 22.6 Å². The molecule has 1 unspecified atom stereocenters. The first-order chi connectivity index (χ1) is 10.0. The number of hydrogen-bond acceptors (Lipinski definition) is 4. The summed E-state index contributed by atoms with van der Waals surface area (Å²) in [6.07, 6.45) is 1.73. The number of hydrogen-bond donors (Lipinski definition) is 1. The van der Waals surface area contributed by atoms with Gasteiger partial charge >= 0.3 is 0 Å². The van der Waals surface area contributed by atoms with Crippen molar-refractivity contribution >= 4 is 28.6 Å². The molecule has 3 N–H and O–H groups in total. The van der Waals surface area contributed by atoms with Gasteiger partial charge in [-0.1, -0.05) is 18.2 Å². The molecular weight excluding hydrogens is 290 g/mol. The fourth-order valence-corrected chi connectivity index (χ4v) is 3.37. The third-order valence-electron chi connectivity index (χ3n) is 3.21. The summed E-state index contributed by atoms with van der Waals surface area (Å²) in [7, 11) is 0. The van der Waals surface area contributed by atoms with Gasteiger partial charge in [-0.25, -0.2) is 0 Å². The number of fused-ring (bicyclic) bond motifs is 1. The molecule has 112 valence electrons. The minimum absolute atomic E-state index is 0.0977. The molecular formula is C14H18N3O3S+. The van der Waals surface area contributed by atoms with Crippen LogP contribution in [0.2, 0.25) is 0 Å². The molecule has 7 heteroatoms. The van der Waals surface area contributed by atoms with Crippen molar-refractivity contribution in [2.24, 2.45) is 0 Å². The first kappa shape index (κ1) is 15.5. The number of benzene rings is 1. The summed E-state index contributed by atoms with van der Waals surface area (Å²) in [4.78, 5) is 22.4. The van der Waals surface area contributed by atoms with Crippen LogP contribution in [0, 0.1) is 10.1 Å². The summed E-state index contributed by atoms with van der Waals surface area (Å²) >= 11 is 1.51. The van der Waals surface area contributed by atoms with Crippen LogP contribution in [0.1, 0.15) is 22.5 Å². The Morgan fingerprint density at radius 1 is 1.48 bits per heavy atom. The van der Waals surface area contributed by atoms with Gasteiger partial charge in [0.25, 0.3) is 0 Å². The topological polar surface area (TPSA) is 92.8 Å². The molecule has 1 atom stereocenters. The van der Waals surface area contributed by atoms with Crippen LogP contribution in [0.3, 0.4) is 0 Å². The van der Waals surface area contributed by atoms with Crippen molar-refractivity contribution in [2.45, 2.75) is 12.2 Å². The number of thioether (sulfide) groups is 1. The van der Waals surface area contributed by atoms with Gasteiger partial charge in [0.05, 0.1) is 17.3 Å². The van der Waals surface area contributed by atoms with Crippen molar-refractivity contribution in [3.05, 3.63) is 46.1 Å². The molecule has 0 fully saturated rings. The van der Waals surface area contributed by atoms with Crippen LogP contribution in [0.4, 0.5) is 0 Å². The number of quaternary nitrogens is 1. The lowest BCUT2D eigenvalue weighted by Crippen LogP contribution is -2.51. The van der Waals surface area contributed by atoms with E-state index >= 15 is 0 Å². The highest BCUT2D eigenvalue weighted by Crippen LogP contribution is 2.35. The highest BCUT2D eigenvalue weighted by Gasteiger charge is 2.23. The summed E-state index contributed by atoms with van der Waals surface area (Å²) in [5.41, 5.74) is 5.41. The molecule has 0 saturated carbocycles. The quantitative estimate of drug-likeness (QED) is 0.648. The normalized spacial score (nSPS) is 12.5. The Morgan fingerprint density at radius 3 is 2.81 bits per heavy atom. The second-order valence-corrected chi connectivity index (χ2v) is 6.03. The van der Waals surface area contributed by atoms with Gasteiger partial charge in [0.1, 0.15) is 0 Å². The van der Waals surface area contributed by atoms with Gasteiger partial charge in [0, 0.05) is 29.2 Å². The summed E-state index contributed by atoms with van der Waals surface area (Å²) in [6.45, 7) is 2.04. The lowest BCUT2D eigenvalue weighted by Gasteiger charge is -2.10. The predicted octanol–water partition coefficient (Wildman–Crippen LogP) is 1.59. The third kappa shape index (κ3) is 3.43. The Balaban J connectivity index is 2.51. The van der Waals surface area contributed by atoms with E-state index in [0.29, 0.717) is 6.54 Å². The van der Waals surface area contributed by atoms with Crippen LogP contribution < -0.4 is 5.73 Å². The average molecular weight is 308 g/mol. The Kier molecular flexibility index (Phi) is 4.98. The van der Waals surface area contributed by atoms with Crippen molar-refractivity contribution in [3.63, 3.8) is 0 Å². The molecule has 1 aromatic carbocycles. The van der Waals surface area contributed by atoms with Crippen LogP contribution in [0.5, 0.6) is 0 Å². The number of carbonyl (C=O) groups excluding carboxylic acids is 1. The van der Waals surface area contributed by atoms with Gasteiger partial charge in [0.15, 0.2) is 0 Å². The Bertz CT molecular complexity index is 669. The number of carbonyl (C=O) groups is 1. The molecule has 0 saturated heterocycles. The molecule has 0 radical (unpaired) electrons. The van der Waals surface area contributed by atoms with Gasteiger partial charge in [0.2, 0.25) is 12.5 Å². The minimum atomic E-state index is -0.305. The van der Waals surface area contributed by atoms with Gasteiger partial charge in [-0.2, -0.15) is 0 Å². The number of rotatable bonds is 6. The predicted molar refractivity (Wildman–Crippen MR) is 83.1 cm³/mol. The van der Waals surface area contributed by atoms with E-state index in [9.17, 15) is 14.9 Å². The Morgan fingerprint density at radius 2 is 2.19 bits per heavy atom. The van der Waals surface area contributed by atoms with Crippen molar-refractivity contribution in [2.75, 3.05) is 18.8 Å². The van der Waals surface area contributed by atoms with E-state index in [2.05, 4.69) is 5.73 Å². The monoisotopic (exact) mass is 308 g/mol. The SMILES string of the molecule is CC(=O)n1cc(C(C[N+](=O)[O-])SCC[NH3+])c2ccccc21. The largest absolute Gasteiger partial charge is 0.357 e. The lowest BCUT2D eigenvalue weighted by molar-refractivity contribution is -0.479. The third-order valence-corrected chi connectivity index (χ3v) is 4.54. The fraction of sp³-hybridized carbons (Fsp3) is 0.357. The highest BCUT2D eigenvalue weighted by atomic mass is 32.2. The second kappa shape index (κ2) is 6.73. The summed E-state index contributed by atoms with van der Waals surface area (Å²) in [5.74, 6) is 0.650. The summed E-state index contributed by atoms with van der Waals surface area (Å²) in [6, 6.07) is 7.50. The van der Waals surface area contributed by atoms with Crippen LogP contribution in [-0.4, -0.2) is 34.2 Å². The van der Waals surface area contributed by atoms with E-state index in [4.69, 9.17) is 0 Å².